The Kier molecular flexibility index (Phi) is 3.76. The first-order chi connectivity index (χ1) is 8.93. The van der Waals surface area contributed by atoms with Crippen LogP contribution in [-0.4, -0.2) is 65.2 Å². The van der Waals surface area contributed by atoms with Crippen molar-refractivity contribution in [2.45, 2.75) is 12.5 Å². The second kappa shape index (κ2) is 5.17. The van der Waals surface area contributed by atoms with Crippen molar-refractivity contribution in [2.24, 2.45) is 0 Å². The van der Waals surface area contributed by atoms with Gasteiger partial charge in [0.25, 0.3) is 5.91 Å². The Bertz CT molecular complexity index is 568. The third-order valence-corrected chi connectivity index (χ3v) is 4.83. The molecule has 0 spiro atoms. The van der Waals surface area contributed by atoms with Crippen LogP contribution in [-0.2, 0) is 9.84 Å². The highest BCUT2D eigenvalue weighted by molar-refractivity contribution is 7.91. The third kappa shape index (κ3) is 3.04. The van der Waals surface area contributed by atoms with Gasteiger partial charge in [-0.15, -0.1) is 0 Å². The van der Waals surface area contributed by atoms with Crippen molar-refractivity contribution in [3.05, 3.63) is 11.8 Å². The van der Waals surface area contributed by atoms with Crippen molar-refractivity contribution in [1.29, 1.82) is 0 Å². The Hall–Kier alpha value is -1.61. The molecule has 9 heteroatoms. The maximum atomic E-state index is 12.2. The number of aromatic amines is 1. The standard InChI is InChI=1S/C10H16N4O4S/c11-9-5-8(12-13-9)10(16)14(2-3-15)7-1-4-19(17,18)6-7/h5,7,15H,1-4,6H2,(H3,11,12,13). The van der Waals surface area contributed by atoms with Gasteiger partial charge in [-0.05, 0) is 6.42 Å². The fraction of sp³-hybridized carbons (Fsp3) is 0.600. The van der Waals surface area contributed by atoms with E-state index in [0.29, 0.717) is 6.42 Å². The first-order valence-electron chi connectivity index (χ1n) is 5.86. The highest BCUT2D eigenvalue weighted by atomic mass is 32.2. The number of carbonyl (C=O) groups excluding carboxylic acids is 1. The smallest absolute Gasteiger partial charge is 0.272 e. The van der Waals surface area contributed by atoms with Gasteiger partial charge in [0.1, 0.15) is 11.5 Å². The second-order valence-corrected chi connectivity index (χ2v) is 6.71. The van der Waals surface area contributed by atoms with E-state index in [2.05, 4.69) is 10.2 Å². The lowest BCUT2D eigenvalue weighted by Gasteiger charge is -2.26. The van der Waals surface area contributed by atoms with Crippen LogP contribution in [0.1, 0.15) is 16.9 Å². The van der Waals surface area contributed by atoms with Gasteiger partial charge in [-0.25, -0.2) is 8.42 Å². The molecule has 0 radical (unpaired) electrons. The van der Waals surface area contributed by atoms with E-state index in [0.717, 1.165) is 0 Å². The number of nitrogens with zero attached hydrogens (tertiary/aromatic N) is 2. The minimum Gasteiger partial charge on any atom is -0.395 e. The van der Waals surface area contributed by atoms with Crippen LogP contribution in [0.5, 0.6) is 0 Å². The van der Waals surface area contributed by atoms with Crippen LogP contribution in [0.25, 0.3) is 0 Å². The number of rotatable bonds is 4. The van der Waals surface area contributed by atoms with Crippen LogP contribution in [0.3, 0.4) is 0 Å². The number of aliphatic hydroxyl groups excluding tert-OH is 1. The number of hydrogen-bond donors (Lipinski definition) is 3. The van der Waals surface area contributed by atoms with Gasteiger partial charge in [0, 0.05) is 18.7 Å². The van der Waals surface area contributed by atoms with Crippen molar-refractivity contribution in [2.75, 3.05) is 30.4 Å². The van der Waals surface area contributed by atoms with Gasteiger partial charge in [-0.1, -0.05) is 0 Å². The number of aliphatic hydroxyl groups is 1. The van der Waals surface area contributed by atoms with Crippen LogP contribution in [0.2, 0.25) is 0 Å². The van der Waals surface area contributed by atoms with Gasteiger partial charge in [-0.2, -0.15) is 5.10 Å². The third-order valence-electron chi connectivity index (χ3n) is 3.08. The molecular weight excluding hydrogens is 272 g/mol. The summed E-state index contributed by atoms with van der Waals surface area (Å²) in [7, 11) is -3.10. The number of amides is 1. The summed E-state index contributed by atoms with van der Waals surface area (Å²) in [5, 5.41) is 15.2. The number of carbonyl (C=O) groups is 1. The predicted molar refractivity (Wildman–Crippen MR) is 68.2 cm³/mol. The molecule has 1 fully saturated rings. The predicted octanol–water partition coefficient (Wildman–Crippen LogP) is -1.39. The Morgan fingerprint density at radius 3 is 2.84 bits per heavy atom. The molecule has 0 bridgehead atoms. The van der Waals surface area contributed by atoms with E-state index >= 15 is 0 Å². The van der Waals surface area contributed by atoms with Crippen LogP contribution >= 0.6 is 0 Å². The molecule has 2 heterocycles. The fourth-order valence-electron chi connectivity index (χ4n) is 2.18. The van der Waals surface area contributed by atoms with Gasteiger partial charge in [-0.3, -0.25) is 9.89 Å². The van der Waals surface area contributed by atoms with E-state index < -0.39 is 21.8 Å². The molecule has 106 valence electrons. The Morgan fingerprint density at radius 1 is 1.63 bits per heavy atom. The molecule has 1 unspecified atom stereocenters. The largest absolute Gasteiger partial charge is 0.395 e. The Morgan fingerprint density at radius 2 is 2.37 bits per heavy atom. The minimum atomic E-state index is -3.10. The maximum Gasteiger partial charge on any atom is 0.272 e. The minimum absolute atomic E-state index is 0.0671. The van der Waals surface area contributed by atoms with Gasteiger partial charge in [0.05, 0.1) is 18.1 Å². The molecule has 4 N–H and O–H groups in total. The highest BCUT2D eigenvalue weighted by Gasteiger charge is 2.35. The molecule has 0 aliphatic carbocycles. The summed E-state index contributed by atoms with van der Waals surface area (Å²) >= 11 is 0. The monoisotopic (exact) mass is 288 g/mol. The van der Waals surface area contributed by atoms with Crippen LogP contribution in [0.15, 0.2) is 6.07 Å². The molecule has 0 saturated carbocycles. The zero-order chi connectivity index (χ0) is 14.0. The summed E-state index contributed by atoms with van der Waals surface area (Å²) in [6.45, 7) is -0.149. The summed E-state index contributed by atoms with van der Waals surface area (Å²) in [5.41, 5.74) is 5.62. The zero-order valence-corrected chi connectivity index (χ0v) is 11.1. The van der Waals surface area contributed by atoms with Gasteiger partial charge >= 0.3 is 0 Å². The van der Waals surface area contributed by atoms with E-state index in [1.807, 2.05) is 0 Å². The van der Waals surface area contributed by atoms with Crippen LogP contribution in [0.4, 0.5) is 5.82 Å². The van der Waals surface area contributed by atoms with Gasteiger partial charge in [0.2, 0.25) is 0 Å². The number of hydrogen-bond acceptors (Lipinski definition) is 6. The molecule has 1 saturated heterocycles. The molecule has 8 nitrogen and oxygen atoms in total. The molecule has 1 amide bonds. The highest BCUT2D eigenvalue weighted by Crippen LogP contribution is 2.19. The molecule has 1 atom stereocenters. The quantitative estimate of drug-likeness (QED) is 0.625. The van der Waals surface area contributed by atoms with E-state index in [9.17, 15) is 13.2 Å². The molecule has 1 aromatic rings. The second-order valence-electron chi connectivity index (χ2n) is 4.49. The number of nitrogens with two attached hydrogens (primary N) is 1. The Balaban J connectivity index is 2.18. The van der Waals surface area contributed by atoms with Crippen molar-refractivity contribution in [1.82, 2.24) is 15.1 Å². The van der Waals surface area contributed by atoms with Gasteiger partial charge in [0.15, 0.2) is 9.84 Å². The normalized spacial score (nSPS) is 21.4. The number of sulfone groups is 1. The lowest BCUT2D eigenvalue weighted by Crippen LogP contribution is -2.43. The van der Waals surface area contributed by atoms with Gasteiger partial charge < -0.3 is 15.7 Å². The summed E-state index contributed by atoms with van der Waals surface area (Å²) in [6, 6.07) is 0.977. The first kappa shape index (κ1) is 13.8. The summed E-state index contributed by atoms with van der Waals surface area (Å²) < 4.78 is 22.9. The average Bonchev–Trinajstić information content (AvgIpc) is 2.91. The SMILES string of the molecule is Nc1cc(C(=O)N(CCO)C2CCS(=O)(=O)C2)[nH]n1. The zero-order valence-electron chi connectivity index (χ0n) is 10.2. The summed E-state index contributed by atoms with van der Waals surface area (Å²) in [6.07, 6.45) is 0.387. The number of H-pyrrole nitrogens is 1. The van der Waals surface area contributed by atoms with Crippen molar-refractivity contribution in [3.63, 3.8) is 0 Å². The average molecular weight is 288 g/mol. The molecule has 2 rings (SSSR count). The molecule has 1 aromatic heterocycles. The molecule has 0 aromatic carbocycles. The van der Waals surface area contributed by atoms with E-state index in [1.165, 1.54) is 11.0 Å². The fourth-order valence-corrected chi connectivity index (χ4v) is 3.91. The molecule has 1 aliphatic heterocycles. The molecule has 19 heavy (non-hydrogen) atoms. The van der Waals surface area contributed by atoms with Crippen molar-refractivity contribution >= 4 is 21.6 Å². The summed E-state index contributed by atoms with van der Waals surface area (Å²) in [4.78, 5) is 13.6. The number of nitrogens with one attached hydrogen (secondary N) is 1. The number of aromatic nitrogens is 2. The van der Waals surface area contributed by atoms with Crippen LogP contribution < -0.4 is 5.73 Å². The molecular formula is C10H16N4O4S. The number of nitrogen functional groups attached to an aromatic ring is 1. The first-order valence-corrected chi connectivity index (χ1v) is 7.68. The Labute approximate surface area is 110 Å². The van der Waals surface area contributed by atoms with E-state index in [4.69, 9.17) is 10.8 Å². The van der Waals surface area contributed by atoms with Crippen molar-refractivity contribution < 1.29 is 18.3 Å². The van der Waals surface area contributed by atoms with E-state index in [1.54, 1.807) is 0 Å². The van der Waals surface area contributed by atoms with Crippen molar-refractivity contribution in [3.8, 4) is 0 Å². The lowest BCUT2D eigenvalue weighted by molar-refractivity contribution is 0.0649. The van der Waals surface area contributed by atoms with E-state index in [-0.39, 0.29) is 36.2 Å². The topological polar surface area (TPSA) is 129 Å². The number of anilines is 1. The maximum absolute atomic E-state index is 12.2. The molecule has 1 aliphatic rings. The van der Waals surface area contributed by atoms with Crippen LogP contribution in [0, 0.1) is 0 Å². The lowest BCUT2D eigenvalue weighted by atomic mass is 10.2. The summed E-state index contributed by atoms with van der Waals surface area (Å²) in [5.74, 6) is -0.216.